The maximum Gasteiger partial charge on any atom is 0.265 e. The van der Waals surface area contributed by atoms with Gasteiger partial charge in [0.15, 0.2) is 0 Å². The van der Waals surface area contributed by atoms with Gasteiger partial charge in [-0.05, 0) is 49.1 Å². The predicted molar refractivity (Wildman–Crippen MR) is 81.9 cm³/mol. The second-order valence-corrected chi connectivity index (χ2v) is 5.98. The van der Waals surface area contributed by atoms with Crippen LogP contribution < -0.4 is 10.4 Å². The Morgan fingerprint density at radius 3 is 2.48 bits per heavy atom. The zero-order valence-corrected chi connectivity index (χ0v) is 13.0. The van der Waals surface area contributed by atoms with Crippen LogP contribution in [0.25, 0.3) is 0 Å². The third-order valence-electron chi connectivity index (χ3n) is 3.29. The van der Waals surface area contributed by atoms with Crippen LogP contribution in [0.3, 0.4) is 0 Å². The van der Waals surface area contributed by atoms with Crippen LogP contribution in [-0.4, -0.2) is 11.9 Å². The van der Waals surface area contributed by atoms with E-state index in [2.05, 4.69) is 5.32 Å². The Hall–Kier alpha value is -2.14. The largest absolute Gasteiger partial charge is 0.545 e. The van der Waals surface area contributed by atoms with E-state index in [0.29, 0.717) is 10.6 Å². The van der Waals surface area contributed by atoms with Gasteiger partial charge in [-0.15, -0.1) is 11.3 Å². The minimum atomic E-state index is -1.26. The minimum Gasteiger partial charge on any atom is -0.545 e. The Bertz CT molecular complexity index is 704. The zero-order valence-electron chi connectivity index (χ0n) is 12.1. The van der Waals surface area contributed by atoms with Crippen LogP contribution in [0.4, 0.5) is 5.69 Å². The highest BCUT2D eigenvalue weighted by atomic mass is 32.1. The molecule has 1 heterocycles. The maximum absolute atomic E-state index is 12.3. The molecule has 110 valence electrons. The van der Waals surface area contributed by atoms with Crippen molar-refractivity contribution < 1.29 is 14.7 Å². The third kappa shape index (κ3) is 3.31. The molecule has 0 aliphatic heterocycles. The first-order valence-corrected chi connectivity index (χ1v) is 7.46. The van der Waals surface area contributed by atoms with Crippen LogP contribution in [0.5, 0.6) is 0 Å². The maximum atomic E-state index is 12.3. The molecule has 0 aliphatic rings. The molecule has 1 N–H and O–H groups in total. The van der Waals surface area contributed by atoms with E-state index in [4.69, 9.17) is 0 Å². The van der Waals surface area contributed by atoms with Gasteiger partial charge in [-0.2, -0.15) is 0 Å². The van der Waals surface area contributed by atoms with Crippen molar-refractivity contribution in [3.05, 3.63) is 50.7 Å². The van der Waals surface area contributed by atoms with Gasteiger partial charge >= 0.3 is 0 Å². The first-order chi connectivity index (χ1) is 9.92. The fraction of sp³-hybridized carbons (Fsp3) is 0.250. The number of carboxylic acid groups (broad SMARTS) is 1. The molecular formula is C16H16NO3S-. The predicted octanol–water partition coefficient (Wildman–Crippen LogP) is 2.54. The average Bonchev–Trinajstić information content (AvgIpc) is 2.82. The minimum absolute atomic E-state index is 0.0486. The quantitative estimate of drug-likeness (QED) is 0.943. The number of hydrogen-bond acceptors (Lipinski definition) is 4. The molecule has 0 saturated heterocycles. The van der Waals surface area contributed by atoms with Crippen molar-refractivity contribution >= 4 is 28.9 Å². The summed E-state index contributed by atoms with van der Waals surface area (Å²) in [7, 11) is 0. The van der Waals surface area contributed by atoms with E-state index >= 15 is 0 Å². The lowest BCUT2D eigenvalue weighted by Crippen LogP contribution is -2.22. The molecule has 0 spiro atoms. The van der Waals surface area contributed by atoms with Crippen molar-refractivity contribution in [2.75, 3.05) is 5.32 Å². The molecule has 1 aromatic carbocycles. The third-order valence-corrected chi connectivity index (χ3v) is 4.67. The molecule has 1 amide bonds. The Morgan fingerprint density at radius 1 is 1.19 bits per heavy atom. The van der Waals surface area contributed by atoms with Crippen LogP contribution >= 0.6 is 11.3 Å². The number of aryl methyl sites for hydroxylation is 3. The highest BCUT2D eigenvalue weighted by molar-refractivity contribution is 7.14. The van der Waals surface area contributed by atoms with Gasteiger partial charge in [0, 0.05) is 10.6 Å². The molecule has 1 aromatic heterocycles. The van der Waals surface area contributed by atoms with Crippen molar-refractivity contribution in [3.63, 3.8) is 0 Å². The lowest BCUT2D eigenvalue weighted by atomic mass is 10.1. The van der Waals surface area contributed by atoms with Gasteiger partial charge < -0.3 is 15.2 Å². The van der Waals surface area contributed by atoms with Crippen LogP contribution in [0.15, 0.2) is 24.3 Å². The summed E-state index contributed by atoms with van der Waals surface area (Å²) >= 11 is 1.46. The summed E-state index contributed by atoms with van der Waals surface area (Å²) in [5.74, 6) is -1.48. The summed E-state index contributed by atoms with van der Waals surface area (Å²) in [5.41, 5.74) is 2.45. The lowest BCUT2D eigenvalue weighted by molar-refractivity contribution is -0.255. The van der Waals surface area contributed by atoms with Crippen LogP contribution in [0, 0.1) is 13.8 Å². The van der Waals surface area contributed by atoms with Gasteiger partial charge in [0.05, 0.1) is 10.8 Å². The number of amides is 1. The van der Waals surface area contributed by atoms with E-state index in [1.165, 1.54) is 28.3 Å². The summed E-state index contributed by atoms with van der Waals surface area (Å²) in [5, 5.41) is 13.7. The number of anilines is 1. The topological polar surface area (TPSA) is 69.2 Å². The Morgan fingerprint density at radius 2 is 1.90 bits per heavy atom. The molecule has 0 bridgehead atoms. The van der Waals surface area contributed by atoms with Crippen molar-refractivity contribution in [1.82, 2.24) is 0 Å². The van der Waals surface area contributed by atoms with Crippen molar-refractivity contribution in [2.45, 2.75) is 27.2 Å². The van der Waals surface area contributed by atoms with Gasteiger partial charge in [0.25, 0.3) is 5.91 Å². The molecule has 0 saturated carbocycles. The number of benzene rings is 1. The van der Waals surface area contributed by atoms with Gasteiger partial charge in [-0.3, -0.25) is 4.79 Å². The number of hydrogen-bond donors (Lipinski definition) is 1. The number of aromatic carboxylic acids is 1. The summed E-state index contributed by atoms with van der Waals surface area (Å²) in [6.45, 7) is 5.84. The SMILES string of the molecule is CCc1sc(C(=O)Nc2cc(C(=O)[O-])ccc2C)cc1C. The summed E-state index contributed by atoms with van der Waals surface area (Å²) in [6.07, 6.45) is 0.892. The summed E-state index contributed by atoms with van der Waals surface area (Å²) in [4.78, 5) is 25.0. The smallest absolute Gasteiger partial charge is 0.265 e. The molecule has 2 aromatic rings. The van der Waals surface area contributed by atoms with E-state index < -0.39 is 5.97 Å². The lowest BCUT2D eigenvalue weighted by Gasteiger charge is -2.10. The molecule has 0 unspecified atom stereocenters. The molecule has 2 rings (SSSR count). The summed E-state index contributed by atoms with van der Waals surface area (Å²) < 4.78 is 0. The second kappa shape index (κ2) is 6.10. The van der Waals surface area contributed by atoms with E-state index in [1.807, 2.05) is 26.8 Å². The molecule has 5 heteroatoms. The second-order valence-electron chi connectivity index (χ2n) is 4.84. The van der Waals surface area contributed by atoms with Crippen molar-refractivity contribution in [2.24, 2.45) is 0 Å². The van der Waals surface area contributed by atoms with E-state index in [1.54, 1.807) is 6.07 Å². The van der Waals surface area contributed by atoms with Crippen LogP contribution in [0.1, 0.15) is 43.0 Å². The average molecular weight is 302 g/mol. The van der Waals surface area contributed by atoms with Gasteiger partial charge in [0.2, 0.25) is 0 Å². The number of carbonyl (C=O) groups excluding carboxylic acids is 2. The molecule has 4 nitrogen and oxygen atoms in total. The Kier molecular flexibility index (Phi) is 4.43. The van der Waals surface area contributed by atoms with E-state index in [0.717, 1.165) is 17.5 Å². The van der Waals surface area contributed by atoms with E-state index in [9.17, 15) is 14.7 Å². The van der Waals surface area contributed by atoms with Gasteiger partial charge in [0.1, 0.15) is 0 Å². The Labute approximate surface area is 127 Å². The van der Waals surface area contributed by atoms with Crippen LogP contribution in [0.2, 0.25) is 0 Å². The Balaban J connectivity index is 2.26. The first kappa shape index (κ1) is 15.3. The van der Waals surface area contributed by atoms with Crippen molar-refractivity contribution in [3.8, 4) is 0 Å². The number of carboxylic acids is 1. The molecule has 21 heavy (non-hydrogen) atoms. The first-order valence-electron chi connectivity index (χ1n) is 6.65. The normalized spacial score (nSPS) is 10.4. The fourth-order valence-corrected chi connectivity index (χ4v) is 3.06. The summed E-state index contributed by atoms with van der Waals surface area (Å²) in [6, 6.07) is 6.39. The zero-order chi connectivity index (χ0) is 15.6. The number of nitrogens with one attached hydrogen (secondary N) is 1. The molecule has 0 fully saturated rings. The van der Waals surface area contributed by atoms with E-state index in [-0.39, 0.29) is 11.5 Å². The number of thiophene rings is 1. The standard InChI is InChI=1S/C16H17NO3S/c1-4-13-10(3)7-14(21-13)15(18)17-12-8-11(16(19)20)6-5-9(12)2/h5-8H,4H2,1-3H3,(H,17,18)(H,19,20)/p-1. The van der Waals surface area contributed by atoms with Gasteiger partial charge in [-0.1, -0.05) is 19.1 Å². The van der Waals surface area contributed by atoms with Gasteiger partial charge in [-0.25, -0.2) is 0 Å². The van der Waals surface area contributed by atoms with Crippen molar-refractivity contribution in [1.29, 1.82) is 0 Å². The molecule has 0 aliphatic carbocycles. The van der Waals surface area contributed by atoms with Crippen LogP contribution in [-0.2, 0) is 6.42 Å². The molecule has 0 radical (unpaired) electrons. The number of carbonyl (C=O) groups is 2. The fourth-order valence-electron chi connectivity index (χ4n) is 2.05. The molecular weight excluding hydrogens is 286 g/mol. The highest BCUT2D eigenvalue weighted by Crippen LogP contribution is 2.24. The monoisotopic (exact) mass is 302 g/mol. The number of rotatable bonds is 4. The molecule has 0 atom stereocenters. The highest BCUT2D eigenvalue weighted by Gasteiger charge is 2.13.